The number of rotatable bonds is 7. The lowest BCUT2D eigenvalue weighted by atomic mass is 10.1. The van der Waals surface area contributed by atoms with E-state index in [1.54, 1.807) is 0 Å². The molecule has 0 unspecified atom stereocenters. The van der Waals surface area contributed by atoms with Crippen LogP contribution in [0.2, 0.25) is 0 Å². The monoisotopic (exact) mass is 297 g/mol. The van der Waals surface area contributed by atoms with Crippen LogP contribution in [0.3, 0.4) is 0 Å². The van der Waals surface area contributed by atoms with Crippen molar-refractivity contribution < 1.29 is 27.1 Å². The van der Waals surface area contributed by atoms with Crippen LogP contribution >= 0.6 is 0 Å². The maximum atomic E-state index is 13.5. The number of hydrogen-bond donors (Lipinski definition) is 1. The maximum absolute atomic E-state index is 13.5. The van der Waals surface area contributed by atoms with E-state index in [0.717, 1.165) is 6.42 Å². The zero-order chi connectivity index (χ0) is 15.3. The Morgan fingerprint density at radius 1 is 0.850 bits per heavy atom. The molecule has 0 aliphatic rings. The van der Waals surface area contributed by atoms with Crippen molar-refractivity contribution in [2.24, 2.45) is 0 Å². The molecule has 0 aromatic heterocycles. The van der Waals surface area contributed by atoms with Crippen molar-refractivity contribution in [2.45, 2.75) is 26.3 Å². The molecule has 0 radical (unpaired) electrons. The fourth-order valence-electron chi connectivity index (χ4n) is 1.81. The van der Waals surface area contributed by atoms with E-state index >= 15 is 0 Å². The van der Waals surface area contributed by atoms with Crippen molar-refractivity contribution in [1.82, 2.24) is 4.90 Å². The number of nitrogens with zero attached hydrogens (tertiary/aromatic N) is 1. The SMILES string of the molecule is CCCCN(CCO)Cc1c(F)c(F)c(F)c(F)c1F. The van der Waals surface area contributed by atoms with Crippen LogP contribution in [0, 0.1) is 29.1 Å². The van der Waals surface area contributed by atoms with Gasteiger partial charge in [0.15, 0.2) is 23.3 Å². The second kappa shape index (κ2) is 7.54. The van der Waals surface area contributed by atoms with E-state index in [9.17, 15) is 22.0 Å². The van der Waals surface area contributed by atoms with Gasteiger partial charge in [-0.15, -0.1) is 0 Å². The number of aliphatic hydroxyl groups is 1. The first-order valence-corrected chi connectivity index (χ1v) is 6.27. The standard InChI is InChI=1S/C13H16F5NO/c1-2-3-4-19(5-6-20)7-8-9(14)11(16)13(18)12(17)10(8)15/h20H,2-7H2,1H3. The molecule has 2 nitrogen and oxygen atoms in total. The Morgan fingerprint density at radius 2 is 1.35 bits per heavy atom. The Balaban J connectivity index is 3.06. The van der Waals surface area contributed by atoms with Crippen LogP contribution in [-0.4, -0.2) is 29.7 Å². The molecule has 1 rings (SSSR count). The van der Waals surface area contributed by atoms with Gasteiger partial charge in [0, 0.05) is 18.7 Å². The van der Waals surface area contributed by atoms with E-state index in [1.165, 1.54) is 4.90 Å². The summed E-state index contributed by atoms with van der Waals surface area (Å²) in [6.45, 7) is 1.69. The van der Waals surface area contributed by atoms with Crippen LogP contribution < -0.4 is 0 Å². The van der Waals surface area contributed by atoms with Crippen LogP contribution in [0.5, 0.6) is 0 Å². The first kappa shape index (κ1) is 16.8. The van der Waals surface area contributed by atoms with Gasteiger partial charge in [0.2, 0.25) is 5.82 Å². The van der Waals surface area contributed by atoms with Gasteiger partial charge in [-0.3, -0.25) is 4.90 Å². The van der Waals surface area contributed by atoms with E-state index in [0.29, 0.717) is 13.0 Å². The molecule has 0 atom stereocenters. The molecule has 0 aliphatic heterocycles. The predicted octanol–water partition coefficient (Wildman–Crippen LogP) is 2.98. The topological polar surface area (TPSA) is 23.5 Å². The van der Waals surface area contributed by atoms with Gasteiger partial charge in [-0.05, 0) is 13.0 Å². The Hall–Kier alpha value is -1.21. The summed E-state index contributed by atoms with van der Waals surface area (Å²) >= 11 is 0. The molecule has 114 valence electrons. The van der Waals surface area contributed by atoms with Crippen molar-refractivity contribution in [3.63, 3.8) is 0 Å². The normalized spacial score (nSPS) is 11.4. The van der Waals surface area contributed by atoms with Crippen molar-refractivity contribution in [3.05, 3.63) is 34.6 Å². The fourth-order valence-corrected chi connectivity index (χ4v) is 1.81. The summed E-state index contributed by atoms with van der Waals surface area (Å²) < 4.78 is 66.1. The Morgan fingerprint density at radius 3 is 1.80 bits per heavy atom. The van der Waals surface area contributed by atoms with Crippen molar-refractivity contribution >= 4 is 0 Å². The molecular formula is C13H16F5NO. The van der Waals surface area contributed by atoms with E-state index in [1.807, 2.05) is 6.92 Å². The molecule has 20 heavy (non-hydrogen) atoms. The van der Waals surface area contributed by atoms with Gasteiger partial charge in [0.25, 0.3) is 0 Å². The molecule has 0 spiro atoms. The molecule has 1 aromatic rings. The molecule has 0 saturated heterocycles. The van der Waals surface area contributed by atoms with Crippen molar-refractivity contribution in [3.8, 4) is 0 Å². The van der Waals surface area contributed by atoms with Gasteiger partial charge in [-0.25, -0.2) is 22.0 Å². The van der Waals surface area contributed by atoms with Gasteiger partial charge < -0.3 is 5.11 Å². The summed E-state index contributed by atoms with van der Waals surface area (Å²) in [4.78, 5) is 1.45. The van der Waals surface area contributed by atoms with Crippen molar-refractivity contribution in [1.29, 1.82) is 0 Å². The number of unbranched alkanes of at least 4 members (excludes halogenated alkanes) is 1. The Labute approximate surface area is 113 Å². The zero-order valence-corrected chi connectivity index (χ0v) is 11.0. The number of hydrogen-bond acceptors (Lipinski definition) is 2. The fraction of sp³-hybridized carbons (Fsp3) is 0.538. The highest BCUT2D eigenvalue weighted by Gasteiger charge is 2.26. The highest BCUT2D eigenvalue weighted by atomic mass is 19.2. The van der Waals surface area contributed by atoms with E-state index in [4.69, 9.17) is 5.11 Å². The molecule has 0 bridgehead atoms. The lowest BCUT2D eigenvalue weighted by molar-refractivity contribution is 0.183. The van der Waals surface area contributed by atoms with Crippen LogP contribution in [-0.2, 0) is 6.54 Å². The number of halogens is 5. The lowest BCUT2D eigenvalue weighted by Gasteiger charge is -2.22. The first-order chi connectivity index (χ1) is 9.43. The Bertz CT molecular complexity index is 438. The molecule has 0 saturated carbocycles. The molecule has 7 heteroatoms. The molecule has 1 N–H and O–H groups in total. The van der Waals surface area contributed by atoms with Gasteiger partial charge in [0.1, 0.15) is 0 Å². The van der Waals surface area contributed by atoms with Crippen molar-refractivity contribution in [2.75, 3.05) is 19.7 Å². The summed E-state index contributed by atoms with van der Waals surface area (Å²) in [5.41, 5.74) is -0.869. The molecule has 0 aliphatic carbocycles. The molecule has 0 heterocycles. The smallest absolute Gasteiger partial charge is 0.200 e. The molecule has 1 aromatic carbocycles. The third-order valence-corrected chi connectivity index (χ3v) is 2.93. The molecule has 0 amide bonds. The number of aliphatic hydroxyl groups excluding tert-OH is 1. The summed E-state index contributed by atoms with van der Waals surface area (Å²) in [6.07, 6.45) is 1.49. The van der Waals surface area contributed by atoms with Gasteiger partial charge >= 0.3 is 0 Å². The second-order valence-corrected chi connectivity index (χ2v) is 4.40. The minimum absolute atomic E-state index is 0.0967. The minimum atomic E-state index is -2.16. The van der Waals surface area contributed by atoms with Gasteiger partial charge in [-0.1, -0.05) is 13.3 Å². The Kier molecular flexibility index (Phi) is 6.35. The summed E-state index contributed by atoms with van der Waals surface area (Å²) in [5.74, 6) is -9.69. The quantitative estimate of drug-likeness (QED) is 0.475. The average molecular weight is 297 g/mol. The molecule has 0 fully saturated rings. The third kappa shape index (κ3) is 3.67. The first-order valence-electron chi connectivity index (χ1n) is 6.27. The number of benzene rings is 1. The van der Waals surface area contributed by atoms with Crippen LogP contribution in [0.15, 0.2) is 0 Å². The zero-order valence-electron chi connectivity index (χ0n) is 11.0. The largest absolute Gasteiger partial charge is 0.395 e. The maximum Gasteiger partial charge on any atom is 0.200 e. The summed E-state index contributed by atoms with van der Waals surface area (Å²) in [5, 5.41) is 8.87. The highest BCUT2D eigenvalue weighted by Crippen LogP contribution is 2.24. The van der Waals surface area contributed by atoms with Crippen LogP contribution in [0.4, 0.5) is 22.0 Å². The highest BCUT2D eigenvalue weighted by molar-refractivity contribution is 5.24. The average Bonchev–Trinajstić information content (AvgIpc) is 2.45. The summed E-state index contributed by atoms with van der Waals surface area (Å²) in [7, 11) is 0. The van der Waals surface area contributed by atoms with E-state index < -0.39 is 41.2 Å². The van der Waals surface area contributed by atoms with Crippen LogP contribution in [0.25, 0.3) is 0 Å². The minimum Gasteiger partial charge on any atom is -0.395 e. The molecular weight excluding hydrogens is 281 g/mol. The predicted molar refractivity (Wildman–Crippen MR) is 63.5 cm³/mol. The van der Waals surface area contributed by atoms with E-state index in [-0.39, 0.29) is 13.2 Å². The third-order valence-electron chi connectivity index (χ3n) is 2.93. The second-order valence-electron chi connectivity index (χ2n) is 4.40. The van der Waals surface area contributed by atoms with Gasteiger partial charge in [0.05, 0.1) is 6.61 Å². The van der Waals surface area contributed by atoms with Gasteiger partial charge in [-0.2, -0.15) is 0 Å². The van der Waals surface area contributed by atoms with E-state index in [2.05, 4.69) is 0 Å². The lowest BCUT2D eigenvalue weighted by Crippen LogP contribution is -2.29. The summed E-state index contributed by atoms with van der Waals surface area (Å²) in [6, 6.07) is 0. The van der Waals surface area contributed by atoms with Crippen LogP contribution in [0.1, 0.15) is 25.3 Å².